The van der Waals surface area contributed by atoms with Crippen LogP contribution >= 0.6 is 24.0 Å². The first-order valence-corrected chi connectivity index (χ1v) is 10.1. The van der Waals surface area contributed by atoms with Gasteiger partial charge in [0.25, 0.3) is 0 Å². The number of aliphatic imine (C=N–C) groups is 1. The minimum atomic E-state index is -0.350. The van der Waals surface area contributed by atoms with Crippen LogP contribution in [0.4, 0.5) is 0 Å². The van der Waals surface area contributed by atoms with Crippen LogP contribution in [0.3, 0.4) is 0 Å². The average molecular weight is 526 g/mol. The Morgan fingerprint density at radius 3 is 2.77 bits per heavy atom. The molecule has 1 saturated heterocycles. The lowest BCUT2D eigenvalue weighted by Crippen LogP contribution is -2.48. The fraction of sp³-hybridized carbons (Fsp3) is 0.524. The number of carbonyl (C=O) groups is 1. The number of benzene rings is 1. The molecule has 3 rings (SSSR count). The Bertz CT molecular complexity index is 826. The van der Waals surface area contributed by atoms with Crippen LogP contribution < -0.4 is 5.32 Å². The summed E-state index contributed by atoms with van der Waals surface area (Å²) in [5, 5.41) is 11.4. The Morgan fingerprint density at radius 1 is 1.33 bits per heavy atom. The maximum Gasteiger partial charge on any atom is 0.327 e. The van der Waals surface area contributed by atoms with Crippen molar-refractivity contribution in [2.45, 2.75) is 38.8 Å². The SMILES string of the molecule is CCC1CN(C(=NC)NCc2cn(CC(=O)OC)nn2)CCC1c1ccccc1.I. The minimum absolute atomic E-state index is 0. The highest BCUT2D eigenvalue weighted by molar-refractivity contribution is 14.0. The zero-order valence-electron chi connectivity index (χ0n) is 17.8. The number of guanidine groups is 1. The molecule has 0 aliphatic carbocycles. The standard InChI is InChI=1S/C21H30N6O2.HI/c1-4-16-13-26(11-10-19(16)17-8-6-5-7-9-17)21(22-2)23-12-18-14-27(25-24-18)15-20(28)29-3;/h5-9,14,16,19H,4,10-13,15H2,1-3H3,(H,22,23);1H. The molecule has 0 spiro atoms. The zero-order valence-corrected chi connectivity index (χ0v) is 20.2. The second-order valence-electron chi connectivity index (χ2n) is 7.30. The highest BCUT2D eigenvalue weighted by atomic mass is 127. The Morgan fingerprint density at radius 2 is 2.10 bits per heavy atom. The van der Waals surface area contributed by atoms with Gasteiger partial charge in [0.2, 0.25) is 0 Å². The summed E-state index contributed by atoms with van der Waals surface area (Å²) in [6.45, 7) is 4.77. The van der Waals surface area contributed by atoms with Crippen molar-refractivity contribution in [3.8, 4) is 0 Å². The number of methoxy groups -OCH3 is 1. The molecule has 2 atom stereocenters. The fourth-order valence-corrected chi connectivity index (χ4v) is 3.97. The Hall–Kier alpha value is -2.17. The second-order valence-corrected chi connectivity index (χ2v) is 7.30. The van der Waals surface area contributed by atoms with Gasteiger partial charge < -0.3 is 15.0 Å². The molecule has 8 nitrogen and oxygen atoms in total. The monoisotopic (exact) mass is 526 g/mol. The molecule has 1 aliphatic heterocycles. The van der Waals surface area contributed by atoms with Gasteiger partial charge >= 0.3 is 5.97 Å². The van der Waals surface area contributed by atoms with E-state index in [9.17, 15) is 4.79 Å². The molecule has 2 aromatic rings. The number of ether oxygens (including phenoxy) is 1. The van der Waals surface area contributed by atoms with Crippen molar-refractivity contribution in [3.05, 3.63) is 47.8 Å². The third-order valence-corrected chi connectivity index (χ3v) is 5.53. The fourth-order valence-electron chi connectivity index (χ4n) is 3.97. The molecule has 0 bridgehead atoms. The van der Waals surface area contributed by atoms with Crippen molar-refractivity contribution < 1.29 is 9.53 Å². The lowest BCUT2D eigenvalue weighted by atomic mass is 9.79. The Balaban J connectivity index is 0.00000320. The first-order chi connectivity index (χ1) is 14.1. The molecule has 1 N–H and O–H groups in total. The van der Waals surface area contributed by atoms with Crippen molar-refractivity contribution in [1.29, 1.82) is 0 Å². The molecular formula is C21H31IN6O2. The number of piperidine rings is 1. The van der Waals surface area contributed by atoms with Gasteiger partial charge in [-0.2, -0.15) is 0 Å². The third-order valence-electron chi connectivity index (χ3n) is 5.53. The summed E-state index contributed by atoms with van der Waals surface area (Å²) in [4.78, 5) is 18.1. The van der Waals surface area contributed by atoms with E-state index in [0.29, 0.717) is 18.4 Å². The van der Waals surface area contributed by atoms with Crippen LogP contribution in [0.25, 0.3) is 0 Å². The van der Waals surface area contributed by atoms with Gasteiger partial charge in [0, 0.05) is 20.1 Å². The topological polar surface area (TPSA) is 84.6 Å². The van der Waals surface area contributed by atoms with Gasteiger partial charge in [-0.25, -0.2) is 4.68 Å². The molecule has 1 aromatic carbocycles. The maximum atomic E-state index is 11.3. The first kappa shape index (κ1) is 24.1. The summed E-state index contributed by atoms with van der Waals surface area (Å²) in [5.74, 6) is 1.70. The summed E-state index contributed by atoms with van der Waals surface area (Å²) in [6, 6.07) is 10.8. The van der Waals surface area contributed by atoms with Crippen LogP contribution in [-0.2, 0) is 22.6 Å². The molecular weight excluding hydrogens is 495 g/mol. The number of hydrogen-bond donors (Lipinski definition) is 1. The van der Waals surface area contributed by atoms with Crippen molar-refractivity contribution in [3.63, 3.8) is 0 Å². The molecule has 2 unspecified atom stereocenters. The lowest BCUT2D eigenvalue weighted by Gasteiger charge is -2.40. The molecule has 0 amide bonds. The van der Waals surface area contributed by atoms with Gasteiger partial charge in [0.1, 0.15) is 12.2 Å². The molecule has 1 fully saturated rings. The highest BCUT2D eigenvalue weighted by Crippen LogP contribution is 2.34. The number of nitrogens with zero attached hydrogens (tertiary/aromatic N) is 5. The van der Waals surface area contributed by atoms with Crippen molar-refractivity contribution in [2.24, 2.45) is 10.9 Å². The molecule has 1 aliphatic rings. The number of halogens is 1. The summed E-state index contributed by atoms with van der Waals surface area (Å²) < 4.78 is 6.13. The number of aromatic nitrogens is 3. The predicted molar refractivity (Wildman–Crippen MR) is 127 cm³/mol. The van der Waals surface area contributed by atoms with Crippen LogP contribution in [-0.4, -0.2) is 59.1 Å². The summed E-state index contributed by atoms with van der Waals surface area (Å²) in [7, 11) is 3.16. The molecule has 30 heavy (non-hydrogen) atoms. The van der Waals surface area contributed by atoms with E-state index in [1.165, 1.54) is 17.4 Å². The number of likely N-dealkylation sites (tertiary alicyclic amines) is 1. The minimum Gasteiger partial charge on any atom is -0.468 e. The molecule has 164 valence electrons. The maximum absolute atomic E-state index is 11.3. The van der Waals surface area contributed by atoms with Gasteiger partial charge in [0.05, 0.1) is 19.9 Å². The van der Waals surface area contributed by atoms with Crippen molar-refractivity contribution >= 4 is 35.9 Å². The van der Waals surface area contributed by atoms with Crippen molar-refractivity contribution in [1.82, 2.24) is 25.2 Å². The van der Waals surface area contributed by atoms with Gasteiger partial charge in [-0.15, -0.1) is 29.1 Å². The highest BCUT2D eigenvalue weighted by Gasteiger charge is 2.30. The molecule has 9 heteroatoms. The normalized spacial score (nSPS) is 19.2. The van der Waals surface area contributed by atoms with E-state index in [1.54, 1.807) is 13.2 Å². The van der Waals surface area contributed by atoms with E-state index in [1.807, 2.05) is 0 Å². The van der Waals surface area contributed by atoms with Crippen LogP contribution in [0.15, 0.2) is 41.5 Å². The van der Waals surface area contributed by atoms with Gasteiger partial charge in [-0.05, 0) is 23.8 Å². The van der Waals surface area contributed by atoms with Crippen molar-refractivity contribution in [2.75, 3.05) is 27.2 Å². The zero-order chi connectivity index (χ0) is 20.6. The van der Waals surface area contributed by atoms with E-state index in [0.717, 1.165) is 37.6 Å². The van der Waals surface area contributed by atoms with Crippen LogP contribution in [0, 0.1) is 5.92 Å². The second kappa shape index (κ2) is 11.9. The van der Waals surface area contributed by atoms with E-state index in [4.69, 9.17) is 0 Å². The summed E-state index contributed by atoms with van der Waals surface area (Å²) in [6.07, 6.45) is 3.99. The van der Waals surface area contributed by atoms with E-state index < -0.39 is 0 Å². The third kappa shape index (κ3) is 6.16. The van der Waals surface area contributed by atoms with Gasteiger partial charge in [0.15, 0.2) is 5.96 Å². The molecule has 2 heterocycles. The van der Waals surface area contributed by atoms with E-state index >= 15 is 0 Å². The molecule has 0 saturated carbocycles. The molecule has 1 aromatic heterocycles. The number of carbonyl (C=O) groups excluding carboxylic acids is 1. The number of esters is 1. The average Bonchev–Trinajstić information content (AvgIpc) is 3.21. The molecule has 0 radical (unpaired) electrons. The number of hydrogen-bond acceptors (Lipinski definition) is 5. The van der Waals surface area contributed by atoms with Crippen LogP contribution in [0.2, 0.25) is 0 Å². The lowest BCUT2D eigenvalue weighted by molar-refractivity contribution is -0.141. The summed E-state index contributed by atoms with van der Waals surface area (Å²) >= 11 is 0. The van der Waals surface area contributed by atoms with Gasteiger partial charge in [-0.3, -0.25) is 9.79 Å². The smallest absolute Gasteiger partial charge is 0.327 e. The van der Waals surface area contributed by atoms with Gasteiger partial charge in [-0.1, -0.05) is 48.9 Å². The Labute approximate surface area is 195 Å². The van der Waals surface area contributed by atoms with Crippen LogP contribution in [0.1, 0.15) is 36.9 Å². The Kier molecular flexibility index (Phi) is 9.54. The van der Waals surface area contributed by atoms with E-state index in [2.05, 4.69) is 67.5 Å². The predicted octanol–water partition coefficient (Wildman–Crippen LogP) is 2.66. The first-order valence-electron chi connectivity index (χ1n) is 10.1. The van der Waals surface area contributed by atoms with E-state index in [-0.39, 0.29) is 36.5 Å². The largest absolute Gasteiger partial charge is 0.468 e. The summed E-state index contributed by atoms with van der Waals surface area (Å²) in [5.41, 5.74) is 2.19. The quantitative estimate of drug-likeness (QED) is 0.270. The number of nitrogens with one attached hydrogen (secondary N) is 1. The van der Waals surface area contributed by atoms with Crippen LogP contribution in [0.5, 0.6) is 0 Å². The number of rotatable bonds is 6.